The molecule has 0 spiro atoms. The molecule has 0 aliphatic carbocycles. The van der Waals surface area contributed by atoms with Gasteiger partial charge in [0.2, 0.25) is 0 Å². The van der Waals surface area contributed by atoms with Crippen molar-refractivity contribution in [2.45, 2.75) is 64.7 Å². The minimum atomic E-state index is -0.000258. The molecule has 1 heterocycles. The molecule has 0 aromatic heterocycles. The first kappa shape index (κ1) is 24.6. The lowest BCUT2D eigenvalue weighted by molar-refractivity contribution is 0.0223. The summed E-state index contributed by atoms with van der Waals surface area (Å²) < 4.78 is 23.4. The fourth-order valence-corrected chi connectivity index (χ4v) is 4.42. The molecule has 176 valence electrons. The smallest absolute Gasteiger partial charge is 0.161 e. The van der Waals surface area contributed by atoms with Gasteiger partial charge >= 0.3 is 0 Å². The largest absolute Gasteiger partial charge is 0.487 e. The van der Waals surface area contributed by atoms with Crippen LogP contribution in [0.2, 0.25) is 0 Å². The average Bonchev–Trinajstić information content (AvgIpc) is 2.77. The Bertz CT molecular complexity index is 825. The predicted molar refractivity (Wildman–Crippen MR) is 130 cm³/mol. The summed E-state index contributed by atoms with van der Waals surface area (Å²) >= 11 is 0. The van der Waals surface area contributed by atoms with Gasteiger partial charge in [0, 0.05) is 0 Å². The van der Waals surface area contributed by atoms with E-state index >= 15 is 0 Å². The van der Waals surface area contributed by atoms with Gasteiger partial charge in [-0.2, -0.15) is 0 Å². The highest BCUT2D eigenvalue weighted by molar-refractivity contribution is 5.51. The fraction of sp³-hybridized carbons (Fsp3) is 0.571. The average molecular weight is 441 g/mol. The lowest BCUT2D eigenvalue weighted by Gasteiger charge is -2.30. The van der Waals surface area contributed by atoms with Crippen LogP contribution in [0.3, 0.4) is 0 Å². The highest BCUT2D eigenvalue weighted by Gasteiger charge is 2.26. The third kappa shape index (κ3) is 6.73. The highest BCUT2D eigenvalue weighted by atomic mass is 16.6. The van der Waals surface area contributed by atoms with Crippen molar-refractivity contribution in [2.24, 2.45) is 0 Å². The summed E-state index contributed by atoms with van der Waals surface area (Å²) in [6.45, 7) is 14.7. The Morgan fingerprint density at radius 3 is 1.94 bits per heavy atom. The van der Waals surface area contributed by atoms with Crippen LogP contribution < -0.4 is 9.47 Å². The van der Waals surface area contributed by atoms with E-state index in [4.69, 9.17) is 18.9 Å². The van der Waals surface area contributed by atoms with E-state index in [2.05, 4.69) is 77.1 Å². The molecule has 0 saturated heterocycles. The Kier molecular flexibility index (Phi) is 9.01. The first-order valence-corrected chi connectivity index (χ1v) is 12.0. The SMILES string of the molecule is CCC(CC(C)c1cc2c(cc1C(C)(C)C)OCCOCCOCCO2)c1ccccc1. The van der Waals surface area contributed by atoms with E-state index in [-0.39, 0.29) is 5.41 Å². The Morgan fingerprint density at radius 1 is 0.812 bits per heavy atom. The molecule has 0 amide bonds. The molecule has 1 aliphatic rings. The van der Waals surface area contributed by atoms with E-state index in [1.165, 1.54) is 16.7 Å². The van der Waals surface area contributed by atoms with Crippen molar-refractivity contribution in [3.63, 3.8) is 0 Å². The second-order valence-corrected chi connectivity index (χ2v) is 9.71. The van der Waals surface area contributed by atoms with Crippen molar-refractivity contribution in [3.05, 3.63) is 59.2 Å². The van der Waals surface area contributed by atoms with Crippen LogP contribution in [0.5, 0.6) is 11.5 Å². The van der Waals surface area contributed by atoms with Gasteiger partial charge in [-0.3, -0.25) is 0 Å². The van der Waals surface area contributed by atoms with Crippen molar-refractivity contribution in [1.82, 2.24) is 0 Å². The zero-order chi connectivity index (χ0) is 23.0. The molecule has 0 bridgehead atoms. The van der Waals surface area contributed by atoms with Crippen molar-refractivity contribution in [2.75, 3.05) is 39.6 Å². The molecule has 2 atom stereocenters. The van der Waals surface area contributed by atoms with E-state index in [0.717, 1.165) is 24.3 Å². The van der Waals surface area contributed by atoms with Crippen molar-refractivity contribution in [3.8, 4) is 11.5 Å². The minimum Gasteiger partial charge on any atom is -0.487 e. The molecule has 3 rings (SSSR count). The molecular formula is C28H40O4. The van der Waals surface area contributed by atoms with Crippen molar-refractivity contribution >= 4 is 0 Å². The molecule has 2 unspecified atom stereocenters. The van der Waals surface area contributed by atoms with Crippen LogP contribution in [-0.4, -0.2) is 39.6 Å². The lowest BCUT2D eigenvalue weighted by atomic mass is 9.77. The van der Waals surface area contributed by atoms with E-state index in [0.29, 0.717) is 51.5 Å². The summed E-state index contributed by atoms with van der Waals surface area (Å²) in [6, 6.07) is 15.3. The second kappa shape index (κ2) is 11.7. The van der Waals surface area contributed by atoms with Crippen LogP contribution in [0.25, 0.3) is 0 Å². The Labute approximate surface area is 194 Å². The molecule has 32 heavy (non-hydrogen) atoms. The monoisotopic (exact) mass is 440 g/mol. The number of ether oxygens (including phenoxy) is 4. The van der Waals surface area contributed by atoms with Crippen molar-refractivity contribution in [1.29, 1.82) is 0 Å². The third-order valence-electron chi connectivity index (χ3n) is 6.20. The van der Waals surface area contributed by atoms with Crippen LogP contribution in [0.15, 0.2) is 42.5 Å². The molecule has 1 aliphatic heterocycles. The van der Waals surface area contributed by atoms with Crippen LogP contribution in [0, 0.1) is 0 Å². The molecule has 2 aromatic carbocycles. The van der Waals surface area contributed by atoms with Crippen LogP contribution >= 0.6 is 0 Å². The molecular weight excluding hydrogens is 400 g/mol. The highest BCUT2D eigenvalue weighted by Crippen LogP contribution is 2.42. The Balaban J connectivity index is 1.92. The number of hydrogen-bond acceptors (Lipinski definition) is 4. The predicted octanol–water partition coefficient (Wildman–Crippen LogP) is 6.48. The second-order valence-electron chi connectivity index (χ2n) is 9.71. The fourth-order valence-electron chi connectivity index (χ4n) is 4.42. The van der Waals surface area contributed by atoms with Gasteiger partial charge in [0.25, 0.3) is 0 Å². The number of fused-ring (bicyclic) bond motifs is 1. The first-order chi connectivity index (χ1) is 15.4. The van der Waals surface area contributed by atoms with Gasteiger partial charge in [0.1, 0.15) is 13.2 Å². The summed E-state index contributed by atoms with van der Waals surface area (Å²) in [6.07, 6.45) is 2.22. The molecule has 0 N–H and O–H groups in total. The zero-order valence-corrected chi connectivity index (χ0v) is 20.5. The van der Waals surface area contributed by atoms with Crippen LogP contribution in [0.1, 0.15) is 76.0 Å². The molecule has 4 heteroatoms. The van der Waals surface area contributed by atoms with Crippen LogP contribution in [-0.2, 0) is 14.9 Å². The lowest BCUT2D eigenvalue weighted by Crippen LogP contribution is -2.19. The maximum atomic E-state index is 6.14. The van der Waals surface area contributed by atoms with Gasteiger partial charge in [-0.05, 0) is 58.9 Å². The van der Waals surface area contributed by atoms with E-state index in [1.807, 2.05) is 0 Å². The van der Waals surface area contributed by atoms with E-state index in [9.17, 15) is 0 Å². The van der Waals surface area contributed by atoms with Gasteiger partial charge in [-0.25, -0.2) is 0 Å². The van der Waals surface area contributed by atoms with Crippen molar-refractivity contribution < 1.29 is 18.9 Å². The zero-order valence-electron chi connectivity index (χ0n) is 20.5. The summed E-state index contributed by atoms with van der Waals surface area (Å²) in [5, 5.41) is 0. The Hall–Kier alpha value is -2.04. The Morgan fingerprint density at radius 2 is 1.38 bits per heavy atom. The number of hydrogen-bond donors (Lipinski definition) is 0. The summed E-state index contributed by atoms with van der Waals surface area (Å²) in [4.78, 5) is 0. The molecule has 4 nitrogen and oxygen atoms in total. The van der Waals surface area contributed by atoms with E-state index < -0.39 is 0 Å². The van der Waals surface area contributed by atoms with Gasteiger partial charge < -0.3 is 18.9 Å². The summed E-state index contributed by atoms with van der Waals surface area (Å²) in [5.74, 6) is 2.52. The first-order valence-electron chi connectivity index (χ1n) is 12.0. The minimum absolute atomic E-state index is 0.000258. The van der Waals surface area contributed by atoms with Gasteiger partial charge in [0.05, 0.1) is 26.4 Å². The maximum absolute atomic E-state index is 6.14. The van der Waals surface area contributed by atoms with Gasteiger partial charge in [0.15, 0.2) is 11.5 Å². The third-order valence-corrected chi connectivity index (χ3v) is 6.20. The number of benzene rings is 2. The molecule has 0 radical (unpaired) electrons. The molecule has 0 saturated carbocycles. The summed E-state index contributed by atoms with van der Waals surface area (Å²) in [5.41, 5.74) is 4.08. The summed E-state index contributed by atoms with van der Waals surface area (Å²) in [7, 11) is 0. The van der Waals surface area contributed by atoms with Crippen LogP contribution in [0.4, 0.5) is 0 Å². The van der Waals surface area contributed by atoms with Gasteiger partial charge in [-0.1, -0.05) is 65.0 Å². The number of rotatable bonds is 5. The normalized spacial score (nSPS) is 17.7. The quantitative estimate of drug-likeness (QED) is 0.533. The molecule has 0 fully saturated rings. The maximum Gasteiger partial charge on any atom is 0.161 e. The topological polar surface area (TPSA) is 36.9 Å². The standard InChI is InChI=1S/C28H40O4/c1-6-22(23-10-8-7-9-11-23)18-21(2)24-19-26-27(20-25(24)28(3,4)5)32-17-15-30-13-12-29-14-16-31-26/h7-11,19-22H,6,12-18H2,1-5H3. The molecule has 2 aromatic rings. The van der Waals surface area contributed by atoms with E-state index in [1.54, 1.807) is 0 Å². The van der Waals surface area contributed by atoms with Gasteiger partial charge in [-0.15, -0.1) is 0 Å².